The highest BCUT2D eigenvalue weighted by Gasteiger charge is 2.60. The van der Waals surface area contributed by atoms with E-state index < -0.39 is 0 Å². The van der Waals surface area contributed by atoms with E-state index in [1.165, 1.54) is 11.1 Å². The smallest absolute Gasteiger partial charge is 0.224 e. The molecule has 0 saturated heterocycles. The fourth-order valence-electron chi connectivity index (χ4n) is 4.03. The third kappa shape index (κ3) is 4.00. The van der Waals surface area contributed by atoms with Crippen LogP contribution in [0.1, 0.15) is 50.2 Å². The summed E-state index contributed by atoms with van der Waals surface area (Å²) in [6, 6.07) is 10.3. The van der Waals surface area contributed by atoms with Crippen LogP contribution in [0.4, 0.5) is 0 Å². The Labute approximate surface area is 162 Å². The van der Waals surface area contributed by atoms with Gasteiger partial charge < -0.3 is 5.32 Å². The lowest BCUT2D eigenvalue weighted by atomic mass is 10.1. The van der Waals surface area contributed by atoms with Crippen LogP contribution in [0, 0.1) is 31.1 Å². The van der Waals surface area contributed by atoms with Gasteiger partial charge in [0.25, 0.3) is 0 Å². The molecule has 1 aliphatic rings. The Morgan fingerprint density at radius 2 is 1.89 bits per heavy atom. The van der Waals surface area contributed by atoms with E-state index in [0.29, 0.717) is 12.5 Å². The first-order valence-electron chi connectivity index (χ1n) is 9.71. The van der Waals surface area contributed by atoms with Crippen LogP contribution in [0.5, 0.6) is 0 Å². The molecule has 1 saturated carbocycles. The second-order valence-corrected chi connectivity index (χ2v) is 8.58. The van der Waals surface area contributed by atoms with Crippen molar-refractivity contribution >= 4 is 5.91 Å². The number of aromatic nitrogens is 2. The Bertz CT molecular complexity index is 857. The Kier molecular flexibility index (Phi) is 5.27. The molecule has 4 heteroatoms. The Hall–Kier alpha value is -2.36. The Morgan fingerprint density at radius 3 is 2.52 bits per heavy atom. The maximum Gasteiger partial charge on any atom is 0.224 e. The fourth-order valence-corrected chi connectivity index (χ4v) is 4.03. The van der Waals surface area contributed by atoms with Gasteiger partial charge in [0.05, 0.1) is 18.2 Å². The summed E-state index contributed by atoms with van der Waals surface area (Å²) in [6.07, 6.45) is 2.23. The van der Waals surface area contributed by atoms with Gasteiger partial charge in [0.2, 0.25) is 5.91 Å². The summed E-state index contributed by atoms with van der Waals surface area (Å²) in [5, 5.41) is 7.84. The summed E-state index contributed by atoms with van der Waals surface area (Å²) in [4.78, 5) is 12.7. The van der Waals surface area contributed by atoms with Crippen molar-refractivity contribution in [2.75, 3.05) is 0 Å². The minimum atomic E-state index is 0.0446. The zero-order valence-electron chi connectivity index (χ0n) is 17.3. The molecule has 0 aliphatic heterocycles. The van der Waals surface area contributed by atoms with Gasteiger partial charge in [-0.1, -0.05) is 55.8 Å². The topological polar surface area (TPSA) is 46.9 Å². The van der Waals surface area contributed by atoms with Crippen LogP contribution < -0.4 is 5.32 Å². The Balaban J connectivity index is 1.67. The van der Waals surface area contributed by atoms with E-state index in [0.717, 1.165) is 23.5 Å². The van der Waals surface area contributed by atoms with Crippen molar-refractivity contribution in [1.82, 2.24) is 15.1 Å². The lowest BCUT2D eigenvalue weighted by molar-refractivity contribution is -0.123. The molecule has 2 aromatic rings. The van der Waals surface area contributed by atoms with Crippen molar-refractivity contribution < 1.29 is 4.79 Å². The van der Waals surface area contributed by atoms with Gasteiger partial charge in [-0.05, 0) is 44.6 Å². The van der Waals surface area contributed by atoms with Gasteiger partial charge in [-0.15, -0.1) is 0 Å². The lowest BCUT2D eigenvalue weighted by Crippen LogP contribution is -2.26. The average Bonchev–Trinajstić information content (AvgIpc) is 3.02. The summed E-state index contributed by atoms with van der Waals surface area (Å²) in [5.41, 5.74) is 5.77. The molecular formula is C23H31N3O. The van der Waals surface area contributed by atoms with Crippen molar-refractivity contribution in [2.24, 2.45) is 17.3 Å². The van der Waals surface area contributed by atoms with Crippen LogP contribution in [0.2, 0.25) is 0 Å². The molecule has 0 bridgehead atoms. The van der Waals surface area contributed by atoms with Crippen molar-refractivity contribution in [2.45, 2.75) is 54.6 Å². The Morgan fingerprint density at radius 1 is 1.22 bits per heavy atom. The van der Waals surface area contributed by atoms with Crippen LogP contribution in [-0.4, -0.2) is 15.7 Å². The second kappa shape index (κ2) is 7.34. The largest absolute Gasteiger partial charge is 0.352 e. The van der Waals surface area contributed by atoms with Crippen molar-refractivity contribution in [1.29, 1.82) is 0 Å². The average molecular weight is 366 g/mol. The van der Waals surface area contributed by atoms with E-state index in [9.17, 15) is 4.79 Å². The number of benzene rings is 1. The summed E-state index contributed by atoms with van der Waals surface area (Å²) in [5.74, 6) is 0.551. The number of allylic oxidation sites excluding steroid dienone is 2. The number of rotatable bonds is 6. The predicted molar refractivity (Wildman–Crippen MR) is 109 cm³/mol. The first-order valence-corrected chi connectivity index (χ1v) is 9.71. The molecule has 3 rings (SSSR count). The molecule has 2 unspecified atom stereocenters. The fraction of sp³-hybridized carbons (Fsp3) is 0.478. The number of carbonyl (C=O) groups is 1. The van der Waals surface area contributed by atoms with Gasteiger partial charge in [0.1, 0.15) is 0 Å². The molecule has 1 amide bonds. The van der Waals surface area contributed by atoms with Crippen LogP contribution in [-0.2, 0) is 17.9 Å². The van der Waals surface area contributed by atoms with Crippen molar-refractivity contribution in [3.05, 3.63) is 64.5 Å². The molecule has 2 atom stereocenters. The van der Waals surface area contributed by atoms with Gasteiger partial charge in [-0.2, -0.15) is 5.10 Å². The van der Waals surface area contributed by atoms with Gasteiger partial charge in [-0.3, -0.25) is 9.48 Å². The molecule has 0 spiro atoms. The number of amides is 1. The molecular weight excluding hydrogens is 334 g/mol. The van der Waals surface area contributed by atoms with Gasteiger partial charge >= 0.3 is 0 Å². The van der Waals surface area contributed by atoms with Gasteiger partial charge in [0.15, 0.2) is 0 Å². The highest BCUT2D eigenvalue weighted by Crippen LogP contribution is 2.59. The molecule has 1 aromatic heterocycles. The number of aryl methyl sites for hydroxylation is 1. The van der Waals surface area contributed by atoms with Crippen molar-refractivity contribution in [3.63, 3.8) is 0 Å². The molecule has 1 heterocycles. The summed E-state index contributed by atoms with van der Waals surface area (Å²) < 4.78 is 2.03. The third-order valence-corrected chi connectivity index (χ3v) is 5.85. The molecule has 1 aliphatic carbocycles. The van der Waals surface area contributed by atoms with Gasteiger partial charge in [0, 0.05) is 17.8 Å². The van der Waals surface area contributed by atoms with E-state index in [1.54, 1.807) is 0 Å². The van der Waals surface area contributed by atoms with E-state index in [1.807, 2.05) is 29.8 Å². The molecule has 1 aromatic carbocycles. The minimum absolute atomic E-state index is 0.0446. The predicted octanol–water partition coefficient (Wildman–Crippen LogP) is 4.40. The first kappa shape index (κ1) is 19.4. The number of nitrogens with one attached hydrogen (secondary N) is 1. The summed E-state index contributed by atoms with van der Waals surface area (Å²) >= 11 is 0. The van der Waals surface area contributed by atoms with E-state index >= 15 is 0 Å². The normalized spacial score (nSPS) is 20.2. The number of carbonyl (C=O) groups excluding carboxylic acids is 1. The SMILES string of the molecule is CC(C)=CC1C(C(=O)NCc2c(C)nn(Cc3ccccc3)c2C)C1(C)C. The van der Waals surface area contributed by atoms with E-state index in [2.05, 4.69) is 63.2 Å². The maximum atomic E-state index is 12.7. The molecule has 1 N–H and O–H groups in total. The summed E-state index contributed by atoms with van der Waals surface area (Å²) in [7, 11) is 0. The number of hydrogen-bond acceptors (Lipinski definition) is 2. The maximum absolute atomic E-state index is 12.7. The lowest BCUT2D eigenvalue weighted by Gasteiger charge is -2.08. The van der Waals surface area contributed by atoms with Gasteiger partial charge in [-0.25, -0.2) is 0 Å². The minimum Gasteiger partial charge on any atom is -0.352 e. The summed E-state index contributed by atoms with van der Waals surface area (Å²) in [6.45, 7) is 13.9. The third-order valence-electron chi connectivity index (χ3n) is 5.85. The number of hydrogen-bond donors (Lipinski definition) is 1. The monoisotopic (exact) mass is 365 g/mol. The zero-order chi connectivity index (χ0) is 19.8. The molecule has 4 nitrogen and oxygen atoms in total. The van der Waals surface area contributed by atoms with E-state index in [-0.39, 0.29) is 17.2 Å². The molecule has 1 fully saturated rings. The molecule has 144 valence electrons. The first-order chi connectivity index (χ1) is 12.7. The zero-order valence-corrected chi connectivity index (χ0v) is 17.3. The highest BCUT2D eigenvalue weighted by atomic mass is 16.2. The van der Waals surface area contributed by atoms with E-state index in [4.69, 9.17) is 0 Å². The van der Waals surface area contributed by atoms with Crippen LogP contribution in [0.3, 0.4) is 0 Å². The molecule has 0 radical (unpaired) electrons. The van der Waals surface area contributed by atoms with Crippen LogP contribution in [0.25, 0.3) is 0 Å². The quantitative estimate of drug-likeness (QED) is 0.771. The standard InChI is InChI=1S/C23H31N3O/c1-15(2)12-20-21(23(20,5)6)22(27)24-13-19-16(3)25-26(17(19)4)14-18-10-8-7-9-11-18/h7-12,20-21H,13-14H2,1-6H3,(H,24,27). The highest BCUT2D eigenvalue weighted by molar-refractivity contribution is 5.83. The van der Waals surface area contributed by atoms with Crippen LogP contribution in [0.15, 0.2) is 42.0 Å². The second-order valence-electron chi connectivity index (χ2n) is 8.58. The molecule has 27 heavy (non-hydrogen) atoms. The van der Waals surface area contributed by atoms with Crippen molar-refractivity contribution in [3.8, 4) is 0 Å². The number of nitrogens with zero attached hydrogens (tertiary/aromatic N) is 2. The van der Waals surface area contributed by atoms with Crippen LogP contribution >= 0.6 is 0 Å².